The molecule has 0 aliphatic rings. The molecule has 2 aromatic heterocycles. The average molecular weight is 383 g/mol. The number of hydrogen-bond acceptors (Lipinski definition) is 3. The molecule has 29 heavy (non-hydrogen) atoms. The number of aryl methyl sites for hydroxylation is 1. The van der Waals surface area contributed by atoms with E-state index in [0.717, 1.165) is 28.7 Å². The van der Waals surface area contributed by atoms with Gasteiger partial charge >= 0.3 is 0 Å². The summed E-state index contributed by atoms with van der Waals surface area (Å²) in [4.78, 5) is 35.3. The van der Waals surface area contributed by atoms with E-state index in [0.29, 0.717) is 32.6 Å². The van der Waals surface area contributed by atoms with Gasteiger partial charge in [-0.3, -0.25) is 9.59 Å². The Labute approximate surface area is 166 Å². The van der Waals surface area contributed by atoms with Crippen molar-refractivity contribution in [2.45, 2.75) is 13.3 Å². The number of H-pyrrole nitrogens is 2. The van der Waals surface area contributed by atoms with Gasteiger partial charge in [0.2, 0.25) is 0 Å². The predicted molar refractivity (Wildman–Crippen MR) is 121 cm³/mol. The van der Waals surface area contributed by atoms with Crippen molar-refractivity contribution in [2.75, 3.05) is 19.0 Å². The molecule has 0 aliphatic carbocycles. The zero-order valence-electron chi connectivity index (χ0n) is 16.6. The Morgan fingerprint density at radius 1 is 0.793 bits per heavy atom. The smallest absolute Gasteiger partial charge is 0.199 e. The zero-order valence-corrected chi connectivity index (χ0v) is 16.6. The van der Waals surface area contributed by atoms with E-state index in [1.54, 1.807) is 6.07 Å². The second-order valence-corrected chi connectivity index (χ2v) is 7.64. The lowest BCUT2D eigenvalue weighted by atomic mass is 10.0. The van der Waals surface area contributed by atoms with Gasteiger partial charge in [-0.2, -0.15) is 0 Å². The molecule has 5 nitrogen and oxygen atoms in total. The third-order valence-corrected chi connectivity index (χ3v) is 5.70. The van der Waals surface area contributed by atoms with Crippen LogP contribution in [0.1, 0.15) is 12.5 Å². The van der Waals surface area contributed by atoms with Gasteiger partial charge in [0.1, 0.15) is 0 Å². The van der Waals surface area contributed by atoms with Crippen molar-refractivity contribution in [3.8, 4) is 0 Å². The van der Waals surface area contributed by atoms with E-state index in [1.807, 2.05) is 61.5 Å². The average Bonchev–Trinajstić information content (AvgIpc) is 2.72. The van der Waals surface area contributed by atoms with E-state index in [2.05, 4.69) is 16.9 Å². The highest BCUT2D eigenvalue weighted by Gasteiger charge is 2.14. The van der Waals surface area contributed by atoms with Crippen molar-refractivity contribution in [1.82, 2.24) is 9.97 Å². The van der Waals surface area contributed by atoms with E-state index in [1.165, 1.54) is 0 Å². The third-order valence-electron chi connectivity index (χ3n) is 5.70. The summed E-state index contributed by atoms with van der Waals surface area (Å²) in [6.07, 6.45) is 0.823. The van der Waals surface area contributed by atoms with Crippen LogP contribution in [0.15, 0.2) is 58.1 Å². The lowest BCUT2D eigenvalue weighted by Gasteiger charge is -2.15. The normalized spacial score (nSPS) is 11.7. The van der Waals surface area contributed by atoms with E-state index in [9.17, 15) is 9.59 Å². The van der Waals surface area contributed by atoms with Crippen LogP contribution in [0, 0.1) is 0 Å². The number of hydrogen-bond donors (Lipinski definition) is 2. The molecule has 5 rings (SSSR count). The van der Waals surface area contributed by atoms with Crippen LogP contribution in [0.25, 0.3) is 43.6 Å². The number of benzene rings is 3. The first kappa shape index (κ1) is 17.5. The van der Waals surface area contributed by atoms with Crippen LogP contribution in [-0.4, -0.2) is 24.1 Å². The molecular formula is C24H21N3O2. The number of fused-ring (bicyclic) bond motifs is 4. The Morgan fingerprint density at radius 2 is 1.48 bits per heavy atom. The molecule has 0 unspecified atom stereocenters. The van der Waals surface area contributed by atoms with E-state index < -0.39 is 0 Å². The largest absolute Gasteiger partial charge is 0.377 e. The number of para-hydroxylation sites is 1. The van der Waals surface area contributed by atoms with Gasteiger partial charge in [-0.15, -0.1) is 0 Å². The fourth-order valence-electron chi connectivity index (χ4n) is 4.23. The van der Waals surface area contributed by atoms with Crippen LogP contribution in [0.3, 0.4) is 0 Å². The fourth-order valence-corrected chi connectivity index (χ4v) is 4.23. The number of rotatable bonds is 2. The first-order valence-electron chi connectivity index (χ1n) is 9.73. The molecule has 0 spiro atoms. The second-order valence-electron chi connectivity index (χ2n) is 7.64. The van der Waals surface area contributed by atoms with Crippen molar-refractivity contribution in [3.63, 3.8) is 0 Å². The minimum absolute atomic E-state index is 0.0195. The van der Waals surface area contributed by atoms with Crippen molar-refractivity contribution in [2.24, 2.45) is 0 Å². The lowest BCUT2D eigenvalue weighted by Crippen LogP contribution is -2.14. The molecule has 2 heterocycles. The molecule has 0 saturated carbocycles. The summed E-state index contributed by atoms with van der Waals surface area (Å²) in [5.74, 6) is 0. The van der Waals surface area contributed by atoms with Gasteiger partial charge in [0.05, 0.1) is 27.5 Å². The molecule has 3 aromatic carbocycles. The molecule has 5 aromatic rings. The minimum atomic E-state index is -0.0373. The molecule has 2 N–H and O–H groups in total. The summed E-state index contributed by atoms with van der Waals surface area (Å²) >= 11 is 0. The Morgan fingerprint density at radius 3 is 2.21 bits per heavy atom. The molecule has 5 heteroatoms. The third kappa shape index (κ3) is 2.47. The maximum Gasteiger partial charge on any atom is 0.199 e. The topological polar surface area (TPSA) is 69.0 Å². The number of aromatic nitrogens is 2. The number of anilines is 1. The molecule has 0 bridgehead atoms. The van der Waals surface area contributed by atoms with Crippen LogP contribution in [-0.2, 0) is 6.42 Å². The quantitative estimate of drug-likeness (QED) is 0.447. The van der Waals surface area contributed by atoms with Crippen molar-refractivity contribution >= 4 is 49.3 Å². The summed E-state index contributed by atoms with van der Waals surface area (Å²) in [5.41, 5.74) is 4.86. The van der Waals surface area contributed by atoms with Gasteiger partial charge in [-0.1, -0.05) is 25.1 Å². The molecule has 0 fully saturated rings. The molecule has 0 saturated heterocycles. The van der Waals surface area contributed by atoms with Gasteiger partial charge in [0.15, 0.2) is 10.9 Å². The zero-order chi connectivity index (χ0) is 20.3. The number of aromatic amines is 2. The fraction of sp³-hybridized carbons (Fsp3) is 0.167. The summed E-state index contributed by atoms with van der Waals surface area (Å²) < 4.78 is 0. The Hall–Kier alpha value is -3.60. The van der Waals surface area contributed by atoms with Gasteiger partial charge < -0.3 is 14.9 Å². The first-order valence-corrected chi connectivity index (χ1v) is 9.73. The number of nitrogens with zero attached hydrogens (tertiary/aromatic N) is 1. The lowest BCUT2D eigenvalue weighted by molar-refractivity contribution is 1.14. The standard InChI is InChI=1S/C24H21N3O2/c1-4-13-7-5-8-14-22(13)26-19-12-16-18(11-15(19)23(14)28)25-17-9-6-10-20(27(2)3)21(17)24(16)29/h5-12H,4H2,1-3H3,(H,25,29)(H,26,28). The SMILES string of the molecule is CCc1cccc2c(=O)c3cc4[nH]c5cccc(N(C)C)c5c(=O)c4cc3[nH]c12. The van der Waals surface area contributed by atoms with Crippen molar-refractivity contribution < 1.29 is 0 Å². The number of pyridine rings is 2. The molecule has 144 valence electrons. The maximum absolute atomic E-state index is 13.4. The molecule has 0 radical (unpaired) electrons. The van der Waals surface area contributed by atoms with Crippen LogP contribution >= 0.6 is 0 Å². The van der Waals surface area contributed by atoms with Gasteiger partial charge in [-0.25, -0.2) is 0 Å². The minimum Gasteiger partial charge on any atom is -0.377 e. The van der Waals surface area contributed by atoms with Gasteiger partial charge in [-0.05, 0) is 42.3 Å². The van der Waals surface area contributed by atoms with E-state index in [-0.39, 0.29) is 10.9 Å². The Bertz CT molecular complexity index is 1560. The summed E-state index contributed by atoms with van der Waals surface area (Å²) in [7, 11) is 3.85. The van der Waals surface area contributed by atoms with Gasteiger partial charge in [0.25, 0.3) is 0 Å². The molecular weight excluding hydrogens is 362 g/mol. The highest BCUT2D eigenvalue weighted by molar-refractivity contribution is 6.05. The molecule has 0 amide bonds. The second kappa shape index (κ2) is 6.21. The summed E-state index contributed by atoms with van der Waals surface area (Å²) in [5, 5.41) is 2.48. The maximum atomic E-state index is 13.4. The number of nitrogens with one attached hydrogen (secondary N) is 2. The highest BCUT2D eigenvalue weighted by atomic mass is 16.1. The highest BCUT2D eigenvalue weighted by Crippen LogP contribution is 2.26. The summed E-state index contributed by atoms with van der Waals surface area (Å²) in [6.45, 7) is 2.07. The summed E-state index contributed by atoms with van der Waals surface area (Å²) in [6, 6.07) is 15.2. The van der Waals surface area contributed by atoms with Crippen LogP contribution < -0.4 is 15.8 Å². The Balaban J connectivity index is 1.98. The van der Waals surface area contributed by atoms with Gasteiger partial charge in [0, 0.05) is 35.9 Å². The van der Waals surface area contributed by atoms with Crippen molar-refractivity contribution in [1.29, 1.82) is 0 Å². The first-order chi connectivity index (χ1) is 14.0. The van der Waals surface area contributed by atoms with Crippen molar-refractivity contribution in [3.05, 3.63) is 74.5 Å². The Kier molecular flexibility index (Phi) is 3.74. The molecule has 0 atom stereocenters. The van der Waals surface area contributed by atoms with Crippen LogP contribution in [0.5, 0.6) is 0 Å². The van der Waals surface area contributed by atoms with E-state index in [4.69, 9.17) is 0 Å². The van der Waals surface area contributed by atoms with E-state index >= 15 is 0 Å². The monoisotopic (exact) mass is 383 g/mol. The van der Waals surface area contributed by atoms with Crippen LogP contribution in [0.4, 0.5) is 5.69 Å². The molecule has 0 aliphatic heterocycles. The van der Waals surface area contributed by atoms with Crippen LogP contribution in [0.2, 0.25) is 0 Å². The predicted octanol–water partition coefficient (Wildman–Crippen LogP) is 4.30.